The van der Waals surface area contributed by atoms with Gasteiger partial charge in [0.05, 0.1) is 23.1 Å². The predicted octanol–water partition coefficient (Wildman–Crippen LogP) is 4.79. The Kier molecular flexibility index (Phi) is 5.26. The van der Waals surface area contributed by atoms with Crippen LogP contribution in [-0.4, -0.2) is 23.4 Å². The fourth-order valence-electron chi connectivity index (χ4n) is 2.69. The number of furan rings is 1. The summed E-state index contributed by atoms with van der Waals surface area (Å²) in [5.41, 5.74) is 1.81. The van der Waals surface area contributed by atoms with Crippen LogP contribution in [0, 0.1) is 0 Å². The first-order chi connectivity index (χ1) is 14.1. The Morgan fingerprint density at radius 2 is 1.90 bits per heavy atom. The maximum absolute atomic E-state index is 12.5. The third-order valence-electron chi connectivity index (χ3n) is 4.04. The Balaban J connectivity index is 1.43. The van der Waals surface area contributed by atoms with E-state index in [1.807, 2.05) is 25.1 Å². The van der Waals surface area contributed by atoms with Gasteiger partial charge in [0.25, 0.3) is 11.8 Å². The topological polar surface area (TPSA) is 93.5 Å². The van der Waals surface area contributed by atoms with Gasteiger partial charge in [0.15, 0.2) is 10.9 Å². The van der Waals surface area contributed by atoms with Gasteiger partial charge in [-0.25, -0.2) is 4.98 Å². The molecule has 0 saturated carbocycles. The molecule has 4 aromatic rings. The van der Waals surface area contributed by atoms with E-state index in [4.69, 9.17) is 9.15 Å². The van der Waals surface area contributed by atoms with Gasteiger partial charge in [0.2, 0.25) is 0 Å². The number of hydrogen-bond acceptors (Lipinski definition) is 6. The van der Waals surface area contributed by atoms with E-state index in [0.29, 0.717) is 23.0 Å². The molecule has 0 aliphatic heterocycles. The monoisotopic (exact) mass is 407 g/mol. The molecular formula is C21H17N3O4S. The minimum Gasteiger partial charge on any atom is -0.494 e. The Morgan fingerprint density at radius 3 is 2.62 bits per heavy atom. The van der Waals surface area contributed by atoms with Crippen molar-refractivity contribution in [2.75, 3.05) is 17.2 Å². The quantitative estimate of drug-likeness (QED) is 0.479. The molecule has 0 atom stereocenters. The summed E-state index contributed by atoms with van der Waals surface area (Å²) in [5.74, 6) is 0.356. The molecule has 4 rings (SSSR count). The number of nitrogens with one attached hydrogen (secondary N) is 2. The molecule has 2 aromatic heterocycles. The summed E-state index contributed by atoms with van der Waals surface area (Å²) in [6.45, 7) is 2.52. The minimum absolute atomic E-state index is 0.218. The zero-order valence-electron chi connectivity index (χ0n) is 15.5. The third-order valence-corrected chi connectivity index (χ3v) is 4.97. The molecule has 146 valence electrons. The molecule has 0 bridgehead atoms. The van der Waals surface area contributed by atoms with E-state index >= 15 is 0 Å². The van der Waals surface area contributed by atoms with E-state index in [1.54, 1.807) is 36.4 Å². The summed E-state index contributed by atoms with van der Waals surface area (Å²) in [4.78, 5) is 28.9. The molecule has 7 nitrogen and oxygen atoms in total. The molecule has 2 heterocycles. The summed E-state index contributed by atoms with van der Waals surface area (Å²) in [6, 6.07) is 15.4. The van der Waals surface area contributed by atoms with Crippen LogP contribution >= 0.6 is 11.3 Å². The van der Waals surface area contributed by atoms with E-state index in [1.165, 1.54) is 17.6 Å². The van der Waals surface area contributed by atoms with Crippen molar-refractivity contribution in [3.05, 3.63) is 72.2 Å². The standard InChI is InChI=1S/C21H17N3O4S/c1-2-27-15-9-10-16-18(12-15)29-21(23-16)24-19(25)13-5-7-14(8-6-13)22-20(26)17-4-3-11-28-17/h3-12H,2H2,1H3,(H,22,26)(H,23,24,25). The van der Waals surface area contributed by atoms with Gasteiger partial charge in [-0.1, -0.05) is 11.3 Å². The van der Waals surface area contributed by atoms with E-state index in [0.717, 1.165) is 16.0 Å². The van der Waals surface area contributed by atoms with Crippen molar-refractivity contribution >= 4 is 44.2 Å². The Labute approximate surface area is 170 Å². The number of fused-ring (bicyclic) bond motifs is 1. The van der Waals surface area contributed by atoms with E-state index in [9.17, 15) is 9.59 Å². The summed E-state index contributed by atoms with van der Waals surface area (Å²) < 4.78 is 11.5. The van der Waals surface area contributed by atoms with Crippen molar-refractivity contribution < 1.29 is 18.7 Å². The number of anilines is 2. The number of carbonyl (C=O) groups excluding carboxylic acids is 2. The molecule has 0 aliphatic rings. The van der Waals surface area contributed by atoms with Gasteiger partial charge >= 0.3 is 0 Å². The van der Waals surface area contributed by atoms with E-state index in [2.05, 4.69) is 15.6 Å². The zero-order chi connectivity index (χ0) is 20.2. The molecule has 2 N–H and O–H groups in total. The van der Waals surface area contributed by atoms with E-state index < -0.39 is 0 Å². The first-order valence-corrected chi connectivity index (χ1v) is 9.73. The number of nitrogens with zero attached hydrogens (tertiary/aromatic N) is 1. The van der Waals surface area contributed by atoms with Crippen LogP contribution in [0.5, 0.6) is 5.75 Å². The average molecular weight is 407 g/mol. The van der Waals surface area contributed by atoms with Crippen LogP contribution in [0.25, 0.3) is 10.2 Å². The highest BCUT2D eigenvalue weighted by Gasteiger charge is 2.12. The molecule has 2 amide bonds. The lowest BCUT2D eigenvalue weighted by Crippen LogP contribution is -2.13. The van der Waals surface area contributed by atoms with Gasteiger partial charge in [-0.3, -0.25) is 14.9 Å². The molecule has 0 saturated heterocycles. The second-order valence-corrected chi connectivity index (χ2v) is 7.08. The number of benzene rings is 2. The van der Waals surface area contributed by atoms with Gasteiger partial charge in [-0.15, -0.1) is 0 Å². The Bertz CT molecular complexity index is 1150. The lowest BCUT2D eigenvalue weighted by atomic mass is 10.2. The molecule has 0 unspecified atom stereocenters. The van der Waals surface area contributed by atoms with Crippen LogP contribution in [0.4, 0.5) is 10.8 Å². The fraction of sp³-hybridized carbons (Fsp3) is 0.0952. The van der Waals surface area contributed by atoms with Gasteiger partial charge < -0.3 is 14.5 Å². The zero-order valence-corrected chi connectivity index (χ0v) is 16.3. The number of rotatable bonds is 6. The van der Waals surface area contributed by atoms with Crippen LogP contribution in [0.2, 0.25) is 0 Å². The summed E-state index contributed by atoms with van der Waals surface area (Å²) in [7, 11) is 0. The summed E-state index contributed by atoms with van der Waals surface area (Å²) >= 11 is 1.38. The van der Waals surface area contributed by atoms with Gasteiger partial charge in [-0.2, -0.15) is 0 Å². The largest absolute Gasteiger partial charge is 0.494 e. The molecule has 2 aromatic carbocycles. The van der Waals surface area contributed by atoms with Gasteiger partial charge in [0.1, 0.15) is 5.75 Å². The molecule has 8 heteroatoms. The number of carbonyl (C=O) groups is 2. The van der Waals surface area contributed by atoms with Crippen LogP contribution < -0.4 is 15.4 Å². The Morgan fingerprint density at radius 1 is 1.07 bits per heavy atom. The second kappa shape index (κ2) is 8.15. The van der Waals surface area contributed by atoms with Crippen molar-refractivity contribution in [2.24, 2.45) is 0 Å². The number of amides is 2. The second-order valence-electron chi connectivity index (χ2n) is 6.04. The van der Waals surface area contributed by atoms with Crippen LogP contribution in [0.3, 0.4) is 0 Å². The lowest BCUT2D eigenvalue weighted by Gasteiger charge is -2.05. The summed E-state index contributed by atoms with van der Waals surface area (Å²) in [5, 5.41) is 6.02. The van der Waals surface area contributed by atoms with Crippen LogP contribution in [0.1, 0.15) is 27.8 Å². The number of hydrogen-bond donors (Lipinski definition) is 2. The SMILES string of the molecule is CCOc1ccc2nc(NC(=O)c3ccc(NC(=O)c4ccco4)cc3)sc2c1. The smallest absolute Gasteiger partial charge is 0.291 e. The molecule has 0 spiro atoms. The highest BCUT2D eigenvalue weighted by atomic mass is 32.1. The number of thiazole rings is 1. The number of aromatic nitrogens is 1. The highest BCUT2D eigenvalue weighted by Crippen LogP contribution is 2.29. The molecule has 0 fully saturated rings. The number of ether oxygens (including phenoxy) is 1. The Hall–Kier alpha value is -3.65. The minimum atomic E-state index is -0.354. The first-order valence-electron chi connectivity index (χ1n) is 8.92. The van der Waals surface area contributed by atoms with Crippen LogP contribution in [-0.2, 0) is 0 Å². The fourth-order valence-corrected chi connectivity index (χ4v) is 3.58. The van der Waals surface area contributed by atoms with Crippen LogP contribution in [0.15, 0.2) is 65.3 Å². The average Bonchev–Trinajstić information content (AvgIpc) is 3.38. The van der Waals surface area contributed by atoms with Crippen molar-refractivity contribution in [1.29, 1.82) is 0 Å². The highest BCUT2D eigenvalue weighted by molar-refractivity contribution is 7.22. The molecule has 29 heavy (non-hydrogen) atoms. The van der Waals surface area contributed by atoms with Gasteiger partial charge in [-0.05, 0) is 61.5 Å². The van der Waals surface area contributed by atoms with Crippen molar-refractivity contribution in [3.8, 4) is 5.75 Å². The lowest BCUT2D eigenvalue weighted by molar-refractivity contribution is 0.0995. The first kappa shape index (κ1) is 18.7. The van der Waals surface area contributed by atoms with Crippen molar-refractivity contribution in [3.63, 3.8) is 0 Å². The molecule has 0 radical (unpaired) electrons. The van der Waals surface area contributed by atoms with Crippen molar-refractivity contribution in [2.45, 2.75) is 6.92 Å². The van der Waals surface area contributed by atoms with E-state index in [-0.39, 0.29) is 17.6 Å². The molecule has 0 aliphatic carbocycles. The maximum atomic E-state index is 12.5. The van der Waals surface area contributed by atoms with Gasteiger partial charge in [0, 0.05) is 11.3 Å². The predicted molar refractivity (Wildman–Crippen MR) is 112 cm³/mol. The molecular weight excluding hydrogens is 390 g/mol. The maximum Gasteiger partial charge on any atom is 0.291 e. The summed E-state index contributed by atoms with van der Waals surface area (Å²) in [6.07, 6.45) is 1.43. The third kappa shape index (κ3) is 4.27. The normalized spacial score (nSPS) is 10.7. The van der Waals surface area contributed by atoms with Crippen molar-refractivity contribution in [1.82, 2.24) is 4.98 Å².